The van der Waals surface area contributed by atoms with Gasteiger partial charge in [-0.25, -0.2) is 3.97 Å². The fourth-order valence-corrected chi connectivity index (χ4v) is 6.69. The van der Waals surface area contributed by atoms with Crippen LogP contribution in [-0.4, -0.2) is 37.1 Å². The number of alkyl halides is 3. The van der Waals surface area contributed by atoms with Gasteiger partial charge in [0.2, 0.25) is 15.2 Å². The molecule has 0 saturated carbocycles. The van der Waals surface area contributed by atoms with Crippen molar-refractivity contribution in [2.75, 3.05) is 13.7 Å². The van der Waals surface area contributed by atoms with E-state index in [-0.39, 0.29) is 12.8 Å². The number of hydrogen-bond donors (Lipinski definition) is 0. The third-order valence-corrected chi connectivity index (χ3v) is 8.71. The van der Waals surface area contributed by atoms with Crippen molar-refractivity contribution in [3.05, 3.63) is 88.1 Å². The SMILES string of the molecule is COc1ccc(-c2ccc(C=CC3=[N+]4C(=Cc5ccc(CCC(=O)OCC(Cl)(Cl)Cl)n5S4(F)F)C(C)=C3)o2)cc1Cl. The Morgan fingerprint density at radius 2 is 1.90 bits per heavy atom. The maximum atomic E-state index is 16.2. The van der Waals surface area contributed by atoms with Gasteiger partial charge in [-0.15, -0.1) is 0 Å². The van der Waals surface area contributed by atoms with Crippen molar-refractivity contribution in [1.29, 1.82) is 0 Å². The highest BCUT2D eigenvalue weighted by atomic mass is 35.6. The van der Waals surface area contributed by atoms with Gasteiger partial charge in [-0.3, -0.25) is 4.79 Å². The first-order valence-corrected chi connectivity index (χ1v) is 15.1. The van der Waals surface area contributed by atoms with E-state index in [9.17, 15) is 4.79 Å². The van der Waals surface area contributed by atoms with E-state index in [0.29, 0.717) is 50.7 Å². The molecule has 0 bridgehead atoms. The van der Waals surface area contributed by atoms with Gasteiger partial charge in [0.05, 0.1) is 24.2 Å². The zero-order valence-electron chi connectivity index (χ0n) is 21.7. The molecule has 0 fully saturated rings. The third-order valence-electron chi connectivity index (χ3n) is 6.35. The molecular formula is C28H23Cl4F2N2O4S+. The van der Waals surface area contributed by atoms with Crippen molar-refractivity contribution in [1.82, 2.24) is 3.97 Å². The first kappa shape index (κ1) is 29.8. The number of nitrogens with zero attached hydrogens (tertiary/aromatic N) is 2. The first-order chi connectivity index (χ1) is 19.4. The molecule has 0 spiro atoms. The minimum atomic E-state index is -4.56. The first-order valence-electron chi connectivity index (χ1n) is 12.2. The van der Waals surface area contributed by atoms with Crippen LogP contribution >= 0.6 is 57.6 Å². The van der Waals surface area contributed by atoms with E-state index < -0.39 is 27.5 Å². The molecule has 3 aromatic rings. The molecule has 0 amide bonds. The van der Waals surface area contributed by atoms with E-state index in [0.717, 1.165) is 13.5 Å². The molecule has 0 atom stereocenters. The highest BCUT2D eigenvalue weighted by molar-refractivity contribution is 8.18. The Bertz CT molecular complexity index is 1650. The third kappa shape index (κ3) is 6.24. The number of rotatable bonds is 8. The zero-order valence-corrected chi connectivity index (χ0v) is 25.5. The molecular weight excluding hydrogens is 640 g/mol. The lowest BCUT2D eigenvalue weighted by Gasteiger charge is -2.25. The second kappa shape index (κ2) is 11.5. The number of aromatic nitrogens is 1. The fraction of sp³-hybridized carbons (Fsp3) is 0.214. The largest absolute Gasteiger partial charge is 0.495 e. The number of halogens is 6. The molecule has 0 unspecified atom stereocenters. The average Bonchev–Trinajstić information content (AvgIpc) is 3.63. The Morgan fingerprint density at radius 3 is 2.61 bits per heavy atom. The average molecular weight is 663 g/mol. The smallest absolute Gasteiger partial charge is 0.388 e. The minimum Gasteiger partial charge on any atom is -0.495 e. The van der Waals surface area contributed by atoms with Gasteiger partial charge in [0.1, 0.15) is 23.9 Å². The van der Waals surface area contributed by atoms with Crippen LogP contribution in [0.15, 0.2) is 70.3 Å². The van der Waals surface area contributed by atoms with Crippen molar-refractivity contribution in [2.45, 2.75) is 23.6 Å². The van der Waals surface area contributed by atoms with Crippen molar-refractivity contribution in [2.24, 2.45) is 0 Å². The molecule has 0 N–H and O–H groups in total. The summed E-state index contributed by atoms with van der Waals surface area (Å²) in [5.41, 5.74) is 2.83. The van der Waals surface area contributed by atoms with Crippen LogP contribution in [0.4, 0.5) is 7.77 Å². The van der Waals surface area contributed by atoms with Gasteiger partial charge in [0.25, 0.3) is 0 Å². The lowest BCUT2D eigenvalue weighted by molar-refractivity contribution is -0.302. The summed E-state index contributed by atoms with van der Waals surface area (Å²) in [5, 5.41) is 0.443. The maximum Gasteiger partial charge on any atom is 0.388 e. The lowest BCUT2D eigenvalue weighted by atomic mass is 10.1. The van der Waals surface area contributed by atoms with Crippen LogP contribution in [0.3, 0.4) is 0 Å². The standard InChI is InChI=1S/C28H23Cl4F2N2O4S/c1-17-13-20(6-8-22-9-11-25(40-22)18-3-10-26(38-2)23(29)14-18)36-24(17)15-21-5-4-19(35(21)41(36,33)34)7-12-27(37)39-16-28(30,31)32/h3-6,8-11,13-15H,7,12,16H2,1-2H3/q+1. The molecule has 0 saturated heterocycles. The molecule has 5 rings (SSSR count). The molecule has 1 aromatic carbocycles. The van der Waals surface area contributed by atoms with Gasteiger partial charge in [-0.2, -0.15) is 0 Å². The van der Waals surface area contributed by atoms with Crippen LogP contribution in [0, 0.1) is 0 Å². The monoisotopic (exact) mass is 661 g/mol. The number of aryl methyl sites for hydroxylation is 1. The lowest BCUT2D eigenvalue weighted by Crippen LogP contribution is -2.25. The summed E-state index contributed by atoms with van der Waals surface area (Å²) >= 11 is 18.5. The van der Waals surface area contributed by atoms with Crippen molar-refractivity contribution in [3.63, 3.8) is 0 Å². The number of carbonyl (C=O) groups excluding carboxylic acids is 1. The van der Waals surface area contributed by atoms with Gasteiger partial charge in [0.15, 0.2) is 0 Å². The molecule has 0 aliphatic carbocycles. The van der Waals surface area contributed by atoms with E-state index in [2.05, 4.69) is 0 Å². The van der Waals surface area contributed by atoms with Gasteiger partial charge < -0.3 is 13.9 Å². The Morgan fingerprint density at radius 1 is 1.12 bits per heavy atom. The summed E-state index contributed by atoms with van der Waals surface area (Å²) in [6.45, 7) is 1.36. The maximum absolute atomic E-state index is 16.2. The van der Waals surface area contributed by atoms with Crippen LogP contribution in [0.5, 0.6) is 5.75 Å². The van der Waals surface area contributed by atoms with Gasteiger partial charge in [-0.1, -0.05) is 58.2 Å². The highest BCUT2D eigenvalue weighted by Gasteiger charge is 2.51. The number of esters is 1. The van der Waals surface area contributed by atoms with E-state index in [1.165, 1.54) is 7.11 Å². The Balaban J connectivity index is 1.39. The topological polar surface area (TPSA) is 56.6 Å². The molecule has 4 heterocycles. The molecule has 13 heteroatoms. The normalized spacial score (nSPS) is 16.8. The summed E-state index contributed by atoms with van der Waals surface area (Å²) in [7, 11) is 1.53. The van der Waals surface area contributed by atoms with Gasteiger partial charge in [-0.05, 0) is 61.9 Å². The predicted molar refractivity (Wildman–Crippen MR) is 161 cm³/mol. The van der Waals surface area contributed by atoms with Crippen molar-refractivity contribution < 1.29 is 30.4 Å². The number of benzene rings is 1. The van der Waals surface area contributed by atoms with Crippen LogP contribution < -0.4 is 4.74 Å². The van der Waals surface area contributed by atoms with E-state index in [1.54, 1.807) is 67.6 Å². The van der Waals surface area contributed by atoms with Gasteiger partial charge in [0, 0.05) is 35.1 Å². The molecule has 6 nitrogen and oxygen atoms in total. The number of methoxy groups -OCH3 is 1. The second-order valence-corrected chi connectivity index (χ2v) is 13.7. The molecule has 41 heavy (non-hydrogen) atoms. The van der Waals surface area contributed by atoms with Crippen molar-refractivity contribution in [3.8, 4) is 17.1 Å². The Hall–Kier alpha value is -2.69. The number of allylic oxidation sites excluding steroid dienone is 3. The number of fused-ring (bicyclic) bond motifs is 2. The number of hydrogen-bond acceptors (Lipinski definition) is 4. The van der Waals surface area contributed by atoms with Gasteiger partial charge >= 0.3 is 17.1 Å². The molecule has 0 radical (unpaired) electrons. The number of furan rings is 1. The Labute approximate surface area is 257 Å². The summed E-state index contributed by atoms with van der Waals surface area (Å²) in [4.78, 5) is 12.1. The summed E-state index contributed by atoms with van der Waals surface area (Å²) < 4.78 is 48.7. The van der Waals surface area contributed by atoms with Crippen LogP contribution in [-0.2, 0) is 16.0 Å². The van der Waals surface area contributed by atoms with Crippen LogP contribution in [0.25, 0.3) is 23.5 Å². The molecule has 216 valence electrons. The van der Waals surface area contributed by atoms with Crippen molar-refractivity contribution >= 4 is 81.4 Å². The van der Waals surface area contributed by atoms with Crippen LogP contribution in [0.1, 0.15) is 30.5 Å². The van der Waals surface area contributed by atoms with E-state index >= 15 is 7.77 Å². The summed E-state index contributed by atoms with van der Waals surface area (Å²) in [5.74, 6) is 0.945. The second-order valence-electron chi connectivity index (χ2n) is 9.20. The number of carbonyl (C=O) groups is 1. The van der Waals surface area contributed by atoms with E-state index in [4.69, 9.17) is 60.3 Å². The minimum absolute atomic E-state index is 0.0282. The molecule has 2 aliphatic rings. The molecule has 2 aliphatic heterocycles. The molecule has 2 aromatic heterocycles. The zero-order chi connectivity index (χ0) is 29.5. The number of ether oxygens (including phenoxy) is 2. The van der Waals surface area contributed by atoms with Crippen LogP contribution in [0.2, 0.25) is 5.02 Å². The Kier molecular flexibility index (Phi) is 8.38. The highest BCUT2D eigenvalue weighted by Crippen LogP contribution is 2.61. The summed E-state index contributed by atoms with van der Waals surface area (Å²) in [6, 6.07) is 12.0. The fourth-order valence-electron chi connectivity index (χ4n) is 4.50. The van der Waals surface area contributed by atoms with E-state index in [1.807, 2.05) is 6.07 Å². The summed E-state index contributed by atoms with van der Waals surface area (Å²) in [6.07, 6.45) is 6.53. The quantitative estimate of drug-likeness (QED) is 0.137. The predicted octanol–water partition coefficient (Wildman–Crippen LogP) is 8.99.